The van der Waals surface area contributed by atoms with Crippen LogP contribution in [0, 0.1) is 13.8 Å². The number of aryl methyl sites for hydroxylation is 2. The zero-order valence-corrected chi connectivity index (χ0v) is 14.2. The molecule has 0 radical (unpaired) electrons. The van der Waals surface area contributed by atoms with Crippen LogP contribution in [-0.4, -0.2) is 10.7 Å². The number of aromatic nitrogens is 1. The van der Waals surface area contributed by atoms with Crippen molar-refractivity contribution in [3.05, 3.63) is 75.8 Å². The summed E-state index contributed by atoms with van der Waals surface area (Å²) in [5.41, 5.74) is 16.0. The van der Waals surface area contributed by atoms with Crippen LogP contribution in [0.25, 0.3) is 5.57 Å². The summed E-state index contributed by atoms with van der Waals surface area (Å²) in [6.45, 7) is 8.94. The summed E-state index contributed by atoms with van der Waals surface area (Å²) in [5.74, 6) is 0. The lowest BCUT2D eigenvalue weighted by molar-refractivity contribution is 1.07. The first kappa shape index (κ1) is 15.5. The maximum Gasteiger partial charge on any atom is 0.0761 e. The summed E-state index contributed by atoms with van der Waals surface area (Å²) in [6.07, 6.45) is 2.13. The van der Waals surface area contributed by atoms with Crippen molar-refractivity contribution in [2.45, 2.75) is 34.2 Å². The number of hydrogen-bond donors (Lipinski definition) is 2. The molecule has 0 atom stereocenters. The molecule has 0 saturated heterocycles. The molecule has 0 unspecified atom stereocenters. The van der Waals surface area contributed by atoms with Gasteiger partial charge in [0, 0.05) is 23.5 Å². The number of benzene rings is 1. The van der Waals surface area contributed by atoms with E-state index in [1.807, 2.05) is 6.92 Å². The molecule has 2 aromatic rings. The fourth-order valence-corrected chi connectivity index (χ4v) is 3.13. The zero-order chi connectivity index (χ0) is 16.6. The van der Waals surface area contributed by atoms with Gasteiger partial charge < -0.3 is 10.7 Å². The van der Waals surface area contributed by atoms with E-state index >= 15 is 0 Å². The van der Waals surface area contributed by atoms with Crippen molar-refractivity contribution in [3.63, 3.8) is 0 Å². The third-order valence-electron chi connectivity index (χ3n) is 4.20. The SMILES string of the molecule is CC1=CC(C)=N/C1=C(/c1ccc(CN)cc1)c1[nH]c(C)cc1C. The van der Waals surface area contributed by atoms with E-state index in [0.717, 1.165) is 39.5 Å². The lowest BCUT2D eigenvalue weighted by Crippen LogP contribution is -1.99. The largest absolute Gasteiger partial charge is 0.358 e. The van der Waals surface area contributed by atoms with Crippen LogP contribution in [-0.2, 0) is 6.54 Å². The van der Waals surface area contributed by atoms with E-state index in [1.165, 1.54) is 11.1 Å². The Morgan fingerprint density at radius 3 is 2.26 bits per heavy atom. The molecule has 23 heavy (non-hydrogen) atoms. The normalized spacial score (nSPS) is 16.4. The van der Waals surface area contributed by atoms with E-state index in [9.17, 15) is 0 Å². The summed E-state index contributed by atoms with van der Waals surface area (Å²) in [5, 5.41) is 0. The molecule has 0 fully saturated rings. The number of nitrogens with two attached hydrogens (primary N) is 1. The predicted molar refractivity (Wildman–Crippen MR) is 97.5 cm³/mol. The average molecular weight is 305 g/mol. The Labute approximate surface area is 137 Å². The smallest absolute Gasteiger partial charge is 0.0761 e. The lowest BCUT2D eigenvalue weighted by atomic mass is 9.95. The van der Waals surface area contributed by atoms with Gasteiger partial charge in [0.2, 0.25) is 0 Å². The molecule has 1 aromatic heterocycles. The van der Waals surface area contributed by atoms with Crippen LogP contribution in [0.1, 0.15) is 41.9 Å². The van der Waals surface area contributed by atoms with Gasteiger partial charge in [-0.2, -0.15) is 0 Å². The fraction of sp³-hybridized carbons (Fsp3) is 0.250. The van der Waals surface area contributed by atoms with Crippen molar-refractivity contribution in [3.8, 4) is 0 Å². The monoisotopic (exact) mass is 305 g/mol. The van der Waals surface area contributed by atoms with Crippen LogP contribution < -0.4 is 5.73 Å². The quantitative estimate of drug-likeness (QED) is 0.874. The van der Waals surface area contributed by atoms with Crippen LogP contribution in [0.3, 0.4) is 0 Å². The summed E-state index contributed by atoms with van der Waals surface area (Å²) in [7, 11) is 0. The van der Waals surface area contributed by atoms with Gasteiger partial charge in [0.25, 0.3) is 0 Å². The van der Waals surface area contributed by atoms with Gasteiger partial charge in [0.1, 0.15) is 0 Å². The van der Waals surface area contributed by atoms with Crippen molar-refractivity contribution in [1.29, 1.82) is 0 Å². The molecule has 3 rings (SSSR count). The molecule has 3 heteroatoms. The Hall–Kier alpha value is -2.39. The van der Waals surface area contributed by atoms with Gasteiger partial charge >= 0.3 is 0 Å². The van der Waals surface area contributed by atoms with Gasteiger partial charge in [-0.05, 0) is 62.1 Å². The average Bonchev–Trinajstić information content (AvgIpc) is 3.02. The van der Waals surface area contributed by atoms with Gasteiger partial charge in [-0.15, -0.1) is 0 Å². The van der Waals surface area contributed by atoms with Crippen molar-refractivity contribution < 1.29 is 0 Å². The molecule has 118 valence electrons. The number of rotatable bonds is 3. The lowest BCUT2D eigenvalue weighted by Gasteiger charge is -2.12. The molecule has 0 spiro atoms. The highest BCUT2D eigenvalue weighted by Gasteiger charge is 2.19. The van der Waals surface area contributed by atoms with Crippen LogP contribution in [0.4, 0.5) is 0 Å². The third kappa shape index (κ3) is 2.92. The second kappa shape index (κ2) is 6.01. The minimum absolute atomic E-state index is 0.559. The Balaban J connectivity index is 2.25. The van der Waals surface area contributed by atoms with Crippen LogP contribution in [0.5, 0.6) is 0 Å². The predicted octanol–water partition coefficient (Wildman–Crippen LogP) is 4.27. The number of H-pyrrole nitrogens is 1. The zero-order valence-electron chi connectivity index (χ0n) is 14.2. The van der Waals surface area contributed by atoms with E-state index in [4.69, 9.17) is 10.7 Å². The third-order valence-corrected chi connectivity index (χ3v) is 4.20. The van der Waals surface area contributed by atoms with Crippen LogP contribution in [0.2, 0.25) is 0 Å². The van der Waals surface area contributed by atoms with E-state index in [1.54, 1.807) is 0 Å². The number of hydrogen-bond acceptors (Lipinski definition) is 2. The molecule has 0 saturated carbocycles. The van der Waals surface area contributed by atoms with Crippen LogP contribution in [0.15, 0.2) is 52.7 Å². The van der Waals surface area contributed by atoms with Gasteiger partial charge in [-0.25, -0.2) is 0 Å². The Morgan fingerprint density at radius 1 is 1.09 bits per heavy atom. The maximum atomic E-state index is 5.73. The molecule has 3 N–H and O–H groups in total. The van der Waals surface area contributed by atoms with Gasteiger partial charge in [0.15, 0.2) is 0 Å². The second-order valence-corrected chi connectivity index (χ2v) is 6.22. The Kier molecular flexibility index (Phi) is 4.05. The Bertz CT molecular complexity index is 830. The summed E-state index contributed by atoms with van der Waals surface area (Å²) in [6, 6.07) is 10.6. The number of nitrogens with one attached hydrogen (secondary N) is 1. The Morgan fingerprint density at radius 2 is 1.78 bits per heavy atom. The molecular weight excluding hydrogens is 282 g/mol. The fourth-order valence-electron chi connectivity index (χ4n) is 3.13. The molecule has 1 aromatic carbocycles. The number of aromatic amines is 1. The number of aliphatic imine (C=N–C) groups is 1. The highest BCUT2D eigenvalue weighted by atomic mass is 14.8. The highest BCUT2D eigenvalue weighted by Crippen LogP contribution is 2.35. The molecule has 0 amide bonds. The van der Waals surface area contributed by atoms with Gasteiger partial charge in [-0.1, -0.05) is 24.3 Å². The van der Waals surface area contributed by atoms with Gasteiger partial charge in [0.05, 0.1) is 11.4 Å². The minimum atomic E-state index is 0.559. The maximum absolute atomic E-state index is 5.73. The first-order valence-corrected chi connectivity index (χ1v) is 7.94. The molecule has 2 heterocycles. The van der Waals surface area contributed by atoms with Gasteiger partial charge in [-0.3, -0.25) is 4.99 Å². The molecule has 1 aliphatic heterocycles. The summed E-state index contributed by atoms with van der Waals surface area (Å²) in [4.78, 5) is 8.28. The van der Waals surface area contributed by atoms with Crippen molar-refractivity contribution in [2.75, 3.05) is 0 Å². The second-order valence-electron chi connectivity index (χ2n) is 6.22. The molecule has 0 aliphatic carbocycles. The van der Waals surface area contributed by atoms with E-state index in [0.29, 0.717) is 6.54 Å². The van der Waals surface area contributed by atoms with Crippen molar-refractivity contribution in [1.82, 2.24) is 4.98 Å². The number of allylic oxidation sites excluding steroid dienone is 2. The highest BCUT2D eigenvalue weighted by molar-refractivity contribution is 6.01. The van der Waals surface area contributed by atoms with Crippen molar-refractivity contribution >= 4 is 11.3 Å². The molecule has 1 aliphatic rings. The van der Waals surface area contributed by atoms with Crippen LogP contribution >= 0.6 is 0 Å². The first-order chi connectivity index (χ1) is 11.0. The summed E-state index contributed by atoms with van der Waals surface area (Å²) >= 11 is 0. The number of nitrogens with zero attached hydrogens (tertiary/aromatic N) is 1. The van der Waals surface area contributed by atoms with E-state index < -0.39 is 0 Å². The standard InChI is InChI=1S/C20H23N3/c1-12-9-14(3)22-19(12)18(20-13(2)10-15(4)23-20)17-7-5-16(11-21)6-8-17/h5-10,22H,11,21H2,1-4H3/b20-18-. The molecule has 0 bridgehead atoms. The molecular formula is C20H23N3. The van der Waals surface area contributed by atoms with E-state index in [2.05, 4.69) is 62.2 Å². The minimum Gasteiger partial charge on any atom is -0.358 e. The summed E-state index contributed by atoms with van der Waals surface area (Å²) < 4.78 is 0. The van der Waals surface area contributed by atoms with Crippen molar-refractivity contribution in [2.24, 2.45) is 10.7 Å². The van der Waals surface area contributed by atoms with E-state index in [-0.39, 0.29) is 0 Å². The molecule has 3 nitrogen and oxygen atoms in total. The topological polar surface area (TPSA) is 54.2 Å². The first-order valence-electron chi connectivity index (χ1n) is 7.94.